The van der Waals surface area contributed by atoms with Crippen molar-refractivity contribution in [3.63, 3.8) is 0 Å². The summed E-state index contributed by atoms with van der Waals surface area (Å²) in [5.41, 5.74) is -2.56. The molecule has 0 aromatic heterocycles. The zero-order valence-corrected chi connectivity index (χ0v) is 16.0. The molecule has 4 saturated carbocycles. The molecule has 0 saturated heterocycles. The Kier molecular flexibility index (Phi) is 4.70. The second-order valence-corrected chi connectivity index (χ2v) is 10.0. The molecule has 0 aromatic carbocycles. The van der Waals surface area contributed by atoms with Gasteiger partial charge in [0.25, 0.3) is 0 Å². The summed E-state index contributed by atoms with van der Waals surface area (Å²) in [6, 6.07) is 0. The van der Waals surface area contributed by atoms with Crippen molar-refractivity contribution >= 4 is 5.78 Å². The first kappa shape index (κ1) is 19.7. The summed E-state index contributed by atoms with van der Waals surface area (Å²) in [6.07, 6.45) is 1.03. The van der Waals surface area contributed by atoms with E-state index in [0.717, 1.165) is 38.5 Å². The van der Waals surface area contributed by atoms with Crippen molar-refractivity contribution in [1.82, 2.24) is 0 Å². The molecule has 0 radical (unpaired) electrons. The molecule has 0 heterocycles. The number of hydrogen-bond donors (Lipinski definition) is 2. The Balaban J connectivity index is 1.52. The minimum absolute atomic E-state index is 0.0349. The van der Waals surface area contributed by atoms with Crippen molar-refractivity contribution in [3.05, 3.63) is 0 Å². The molecule has 4 aliphatic carbocycles. The smallest absolute Gasteiger partial charge is 0.389 e. The Morgan fingerprint density at radius 1 is 1.00 bits per heavy atom. The third kappa shape index (κ3) is 2.88. The van der Waals surface area contributed by atoms with Crippen molar-refractivity contribution in [2.24, 2.45) is 40.9 Å². The molecule has 3 nitrogen and oxygen atoms in total. The summed E-state index contributed by atoms with van der Waals surface area (Å²) in [5.74, 6) is 1.51. The minimum atomic E-state index is -4.54. The summed E-state index contributed by atoms with van der Waals surface area (Å²) in [6.45, 7) is 1.82. The standard InChI is InChI=1S/C21H31F3O3/c1-19-8-6-14-13-7-9-20(27,21(22,23)24)10-12(13)2-3-15(14)16(19)4-5-17(19)18(26)11-25/h12-17,25,27H,2-11H2,1H3/t12-,13+,14?,15?,16?,17-,19+,20-/m1/s1. The van der Waals surface area contributed by atoms with E-state index in [9.17, 15) is 28.2 Å². The van der Waals surface area contributed by atoms with Crippen LogP contribution in [-0.2, 0) is 4.79 Å². The summed E-state index contributed by atoms with van der Waals surface area (Å²) in [7, 11) is 0. The van der Waals surface area contributed by atoms with Crippen LogP contribution in [0.15, 0.2) is 0 Å². The zero-order chi connectivity index (χ0) is 19.6. The number of halogens is 3. The van der Waals surface area contributed by atoms with Crippen molar-refractivity contribution in [3.8, 4) is 0 Å². The van der Waals surface area contributed by atoms with Gasteiger partial charge < -0.3 is 10.2 Å². The van der Waals surface area contributed by atoms with Gasteiger partial charge in [0.05, 0.1) is 0 Å². The maximum atomic E-state index is 13.3. The van der Waals surface area contributed by atoms with E-state index in [2.05, 4.69) is 6.92 Å². The topological polar surface area (TPSA) is 57.5 Å². The number of aliphatic hydroxyl groups is 2. The Morgan fingerprint density at radius 2 is 1.70 bits per heavy atom. The fraction of sp³-hybridized carbons (Fsp3) is 0.952. The summed E-state index contributed by atoms with van der Waals surface area (Å²) >= 11 is 0. The summed E-state index contributed by atoms with van der Waals surface area (Å²) in [5, 5.41) is 19.5. The largest absolute Gasteiger partial charge is 0.417 e. The third-order valence-electron chi connectivity index (χ3n) is 9.08. The van der Waals surface area contributed by atoms with Crippen LogP contribution in [0.4, 0.5) is 13.2 Å². The van der Waals surface area contributed by atoms with E-state index >= 15 is 0 Å². The monoisotopic (exact) mass is 388 g/mol. The van der Waals surface area contributed by atoms with Gasteiger partial charge in [-0.1, -0.05) is 6.92 Å². The Hall–Kier alpha value is -0.620. The van der Waals surface area contributed by atoms with Gasteiger partial charge >= 0.3 is 6.18 Å². The molecule has 2 N–H and O–H groups in total. The Bertz CT molecular complexity index is 606. The quantitative estimate of drug-likeness (QED) is 0.749. The molecule has 4 aliphatic rings. The second kappa shape index (κ2) is 6.45. The number of fused-ring (bicyclic) bond motifs is 5. The average molecular weight is 388 g/mol. The van der Waals surface area contributed by atoms with Crippen LogP contribution >= 0.6 is 0 Å². The van der Waals surface area contributed by atoms with Crippen LogP contribution in [0.5, 0.6) is 0 Å². The van der Waals surface area contributed by atoms with Gasteiger partial charge in [-0.2, -0.15) is 13.2 Å². The molecule has 0 amide bonds. The maximum Gasteiger partial charge on any atom is 0.417 e. The fourth-order valence-electron chi connectivity index (χ4n) is 7.77. The number of carbonyl (C=O) groups excluding carboxylic acids is 1. The molecule has 0 aromatic rings. The van der Waals surface area contributed by atoms with Gasteiger partial charge in [-0.3, -0.25) is 4.79 Å². The number of rotatable bonds is 2. The number of ketones is 1. The van der Waals surface area contributed by atoms with Gasteiger partial charge in [0.15, 0.2) is 11.4 Å². The lowest BCUT2D eigenvalue weighted by atomic mass is 9.49. The lowest BCUT2D eigenvalue weighted by molar-refractivity contribution is -0.282. The predicted molar refractivity (Wildman–Crippen MR) is 93.7 cm³/mol. The third-order valence-corrected chi connectivity index (χ3v) is 9.08. The number of aliphatic hydroxyl groups excluding tert-OH is 1. The lowest BCUT2D eigenvalue weighted by Gasteiger charge is -2.57. The van der Waals surface area contributed by atoms with Crippen LogP contribution in [0.25, 0.3) is 0 Å². The lowest BCUT2D eigenvalue weighted by Crippen LogP contribution is -2.55. The van der Waals surface area contributed by atoms with Crippen LogP contribution in [0.2, 0.25) is 0 Å². The number of Topliss-reactive ketones (excluding diaryl/α,β-unsaturated/α-hetero) is 1. The van der Waals surface area contributed by atoms with Crippen LogP contribution in [-0.4, -0.2) is 34.4 Å². The van der Waals surface area contributed by atoms with Crippen molar-refractivity contribution in [1.29, 1.82) is 0 Å². The van der Waals surface area contributed by atoms with Crippen molar-refractivity contribution in [2.45, 2.75) is 76.5 Å². The molecule has 6 heteroatoms. The first-order valence-electron chi connectivity index (χ1n) is 10.5. The van der Waals surface area contributed by atoms with Gasteiger partial charge in [0.2, 0.25) is 0 Å². The molecule has 4 fully saturated rings. The van der Waals surface area contributed by atoms with Crippen LogP contribution in [0, 0.1) is 40.9 Å². The molecule has 4 rings (SSSR count). The SMILES string of the molecule is C[C@]12CCC3C(CC[C@@H]4C[C@@](O)(C(F)(F)F)CC[C@H]34)C1CC[C@@H]2C(=O)CO. The molecule has 27 heavy (non-hydrogen) atoms. The second-order valence-electron chi connectivity index (χ2n) is 10.0. The molecule has 8 atom stereocenters. The highest BCUT2D eigenvalue weighted by molar-refractivity contribution is 5.83. The molecule has 0 bridgehead atoms. The number of carbonyl (C=O) groups is 1. The van der Waals surface area contributed by atoms with Crippen LogP contribution in [0.1, 0.15) is 64.7 Å². The van der Waals surface area contributed by atoms with Crippen molar-refractivity contribution in [2.75, 3.05) is 6.61 Å². The highest BCUT2D eigenvalue weighted by Gasteiger charge is 2.62. The molecule has 3 unspecified atom stereocenters. The minimum Gasteiger partial charge on any atom is -0.389 e. The Morgan fingerprint density at radius 3 is 2.37 bits per heavy atom. The normalized spacial score (nSPS) is 49.9. The van der Waals surface area contributed by atoms with Crippen molar-refractivity contribution < 1.29 is 28.2 Å². The summed E-state index contributed by atoms with van der Waals surface area (Å²) in [4.78, 5) is 12.2. The first-order chi connectivity index (χ1) is 12.6. The number of alkyl halides is 3. The van der Waals surface area contributed by atoms with E-state index in [0.29, 0.717) is 24.2 Å². The zero-order valence-electron chi connectivity index (χ0n) is 16.0. The summed E-state index contributed by atoms with van der Waals surface area (Å²) < 4.78 is 39.9. The maximum absolute atomic E-state index is 13.3. The highest BCUT2D eigenvalue weighted by atomic mass is 19.4. The average Bonchev–Trinajstić information content (AvgIpc) is 2.97. The molecule has 0 aliphatic heterocycles. The predicted octanol–water partition coefficient (Wildman–Crippen LogP) is 4.11. The molecule has 154 valence electrons. The van der Waals surface area contributed by atoms with E-state index in [1.807, 2.05) is 0 Å². The number of hydrogen-bond acceptors (Lipinski definition) is 3. The van der Waals surface area contributed by atoms with Gasteiger partial charge in [-0.15, -0.1) is 0 Å². The Labute approximate surface area is 158 Å². The van der Waals surface area contributed by atoms with Crippen LogP contribution in [0.3, 0.4) is 0 Å². The molecule has 0 spiro atoms. The van der Waals surface area contributed by atoms with E-state index in [1.165, 1.54) is 0 Å². The van der Waals surface area contributed by atoms with E-state index in [4.69, 9.17) is 0 Å². The van der Waals surface area contributed by atoms with E-state index in [-0.39, 0.29) is 48.4 Å². The van der Waals surface area contributed by atoms with Gasteiger partial charge in [0, 0.05) is 5.92 Å². The van der Waals surface area contributed by atoms with Crippen LogP contribution < -0.4 is 0 Å². The first-order valence-corrected chi connectivity index (χ1v) is 10.5. The van der Waals surface area contributed by atoms with Gasteiger partial charge in [0.1, 0.15) is 6.61 Å². The van der Waals surface area contributed by atoms with E-state index in [1.54, 1.807) is 0 Å². The van der Waals surface area contributed by atoms with Gasteiger partial charge in [-0.25, -0.2) is 0 Å². The van der Waals surface area contributed by atoms with Gasteiger partial charge in [-0.05, 0) is 92.8 Å². The highest BCUT2D eigenvalue weighted by Crippen LogP contribution is 2.65. The molecular formula is C21H31F3O3. The molecular weight excluding hydrogens is 357 g/mol. The van der Waals surface area contributed by atoms with E-state index < -0.39 is 11.8 Å². The fourth-order valence-corrected chi connectivity index (χ4v) is 7.77.